The van der Waals surface area contributed by atoms with E-state index in [4.69, 9.17) is 16.3 Å². The van der Waals surface area contributed by atoms with Crippen molar-refractivity contribution >= 4 is 23.4 Å². The van der Waals surface area contributed by atoms with Crippen LogP contribution in [0.4, 0.5) is 0 Å². The van der Waals surface area contributed by atoms with Crippen LogP contribution in [0.1, 0.15) is 31.7 Å². The van der Waals surface area contributed by atoms with E-state index in [2.05, 4.69) is 0 Å². The first-order valence-corrected chi connectivity index (χ1v) is 5.84. The van der Waals surface area contributed by atoms with Crippen molar-refractivity contribution in [1.82, 2.24) is 0 Å². The van der Waals surface area contributed by atoms with Crippen molar-refractivity contribution < 1.29 is 14.3 Å². The normalized spacial score (nSPS) is 11.9. The van der Waals surface area contributed by atoms with E-state index in [-0.39, 0.29) is 18.2 Å². The van der Waals surface area contributed by atoms with E-state index in [0.29, 0.717) is 11.6 Å². The largest absolute Gasteiger partial charge is 0.466 e. The second-order valence-corrected chi connectivity index (χ2v) is 4.16. The summed E-state index contributed by atoms with van der Waals surface area (Å²) in [6, 6.07) is 6.93. The van der Waals surface area contributed by atoms with Gasteiger partial charge in [-0.2, -0.15) is 0 Å². The van der Waals surface area contributed by atoms with E-state index in [9.17, 15) is 9.59 Å². The van der Waals surface area contributed by atoms with Crippen molar-refractivity contribution in [1.29, 1.82) is 0 Å². The van der Waals surface area contributed by atoms with Crippen LogP contribution in [-0.2, 0) is 14.3 Å². The first kappa shape index (κ1) is 13.7. The van der Waals surface area contributed by atoms with Gasteiger partial charge in [0, 0.05) is 5.02 Å². The summed E-state index contributed by atoms with van der Waals surface area (Å²) in [5, 5.41) is 0.604. The molecule has 0 amide bonds. The van der Waals surface area contributed by atoms with Crippen molar-refractivity contribution in [3.05, 3.63) is 34.9 Å². The Labute approximate surface area is 106 Å². The number of rotatable bonds is 5. The van der Waals surface area contributed by atoms with E-state index < -0.39 is 5.92 Å². The molecule has 0 fully saturated rings. The predicted molar refractivity (Wildman–Crippen MR) is 66.1 cm³/mol. The van der Waals surface area contributed by atoms with Gasteiger partial charge in [0.25, 0.3) is 0 Å². The quantitative estimate of drug-likeness (QED) is 0.759. The van der Waals surface area contributed by atoms with Gasteiger partial charge in [-0.15, -0.1) is 0 Å². The zero-order chi connectivity index (χ0) is 12.8. The second kappa shape index (κ2) is 6.40. The monoisotopic (exact) mass is 254 g/mol. The first-order valence-electron chi connectivity index (χ1n) is 5.46. The van der Waals surface area contributed by atoms with E-state index in [1.54, 1.807) is 31.2 Å². The Morgan fingerprint density at radius 3 is 2.35 bits per heavy atom. The van der Waals surface area contributed by atoms with Crippen LogP contribution in [0, 0.1) is 0 Å². The number of hydrogen-bond acceptors (Lipinski definition) is 3. The molecule has 0 spiro atoms. The summed E-state index contributed by atoms with van der Waals surface area (Å²) in [6.07, 6.45) is 0.0742. The van der Waals surface area contributed by atoms with Crippen LogP contribution in [0.5, 0.6) is 0 Å². The zero-order valence-corrected chi connectivity index (χ0v) is 10.7. The highest BCUT2D eigenvalue weighted by molar-refractivity contribution is 6.30. The standard InChI is InChI=1S/C13H15ClO3/c1-3-17-13(16)8-12(9(2)15)10-4-6-11(14)7-5-10/h4-7,12H,3,8H2,1-2H3. The lowest BCUT2D eigenvalue weighted by molar-refractivity contribution is -0.144. The average molecular weight is 255 g/mol. The van der Waals surface area contributed by atoms with Gasteiger partial charge in [0.15, 0.2) is 0 Å². The molecule has 0 saturated carbocycles. The predicted octanol–water partition coefficient (Wildman–Crippen LogP) is 2.97. The molecule has 1 rings (SSSR count). The number of carbonyl (C=O) groups is 2. The number of ketones is 1. The maximum atomic E-state index is 11.5. The lowest BCUT2D eigenvalue weighted by atomic mass is 9.92. The molecule has 1 aromatic rings. The molecule has 0 saturated heterocycles. The van der Waals surface area contributed by atoms with E-state index >= 15 is 0 Å². The number of halogens is 1. The molecule has 1 atom stereocenters. The topological polar surface area (TPSA) is 43.4 Å². The molecule has 17 heavy (non-hydrogen) atoms. The SMILES string of the molecule is CCOC(=O)CC(C(C)=O)c1ccc(Cl)cc1. The third kappa shape index (κ3) is 4.19. The van der Waals surface area contributed by atoms with Crippen molar-refractivity contribution in [2.45, 2.75) is 26.2 Å². The molecule has 1 aromatic carbocycles. The lowest BCUT2D eigenvalue weighted by Crippen LogP contribution is -2.16. The Morgan fingerprint density at radius 2 is 1.88 bits per heavy atom. The maximum Gasteiger partial charge on any atom is 0.306 e. The van der Waals surface area contributed by atoms with Gasteiger partial charge in [-0.3, -0.25) is 9.59 Å². The molecule has 92 valence electrons. The van der Waals surface area contributed by atoms with Gasteiger partial charge in [-0.1, -0.05) is 23.7 Å². The molecule has 4 heteroatoms. The molecule has 3 nitrogen and oxygen atoms in total. The van der Waals surface area contributed by atoms with Gasteiger partial charge in [0.05, 0.1) is 18.9 Å². The summed E-state index contributed by atoms with van der Waals surface area (Å²) in [6.45, 7) is 3.53. The summed E-state index contributed by atoms with van der Waals surface area (Å²) in [5.74, 6) is -0.866. The molecule has 0 N–H and O–H groups in total. The highest BCUT2D eigenvalue weighted by Gasteiger charge is 2.21. The number of ether oxygens (including phenoxy) is 1. The summed E-state index contributed by atoms with van der Waals surface area (Å²) < 4.78 is 4.85. The minimum absolute atomic E-state index is 0.0552. The number of Topliss-reactive ketones (excluding diaryl/α,β-unsaturated/α-hetero) is 1. The molecule has 0 bridgehead atoms. The van der Waals surface area contributed by atoms with Crippen LogP contribution in [0.2, 0.25) is 5.02 Å². The summed E-state index contributed by atoms with van der Waals surface area (Å²) in [5.41, 5.74) is 0.787. The van der Waals surface area contributed by atoms with E-state index in [1.165, 1.54) is 6.92 Å². The Hall–Kier alpha value is -1.35. The van der Waals surface area contributed by atoms with Crippen molar-refractivity contribution in [3.8, 4) is 0 Å². The van der Waals surface area contributed by atoms with Gasteiger partial charge in [0.2, 0.25) is 0 Å². The molecular formula is C13H15ClO3. The van der Waals surface area contributed by atoms with Crippen molar-refractivity contribution in [3.63, 3.8) is 0 Å². The molecule has 1 unspecified atom stereocenters. The van der Waals surface area contributed by atoms with Gasteiger partial charge in [-0.25, -0.2) is 0 Å². The smallest absolute Gasteiger partial charge is 0.306 e. The van der Waals surface area contributed by atoms with Gasteiger partial charge in [-0.05, 0) is 31.5 Å². The van der Waals surface area contributed by atoms with Crippen LogP contribution >= 0.6 is 11.6 Å². The molecule has 0 aromatic heterocycles. The van der Waals surface area contributed by atoms with Gasteiger partial charge < -0.3 is 4.74 Å². The second-order valence-electron chi connectivity index (χ2n) is 3.72. The van der Waals surface area contributed by atoms with Crippen LogP contribution in [0.3, 0.4) is 0 Å². The number of esters is 1. The number of hydrogen-bond donors (Lipinski definition) is 0. The first-order chi connectivity index (χ1) is 8.04. The van der Waals surface area contributed by atoms with E-state index in [1.807, 2.05) is 0 Å². The summed E-state index contributed by atoms with van der Waals surface area (Å²) in [4.78, 5) is 22.9. The van der Waals surface area contributed by atoms with E-state index in [0.717, 1.165) is 5.56 Å². The Morgan fingerprint density at radius 1 is 1.29 bits per heavy atom. The average Bonchev–Trinajstić information content (AvgIpc) is 2.27. The van der Waals surface area contributed by atoms with Gasteiger partial charge >= 0.3 is 5.97 Å². The lowest BCUT2D eigenvalue weighted by Gasteiger charge is -2.13. The minimum Gasteiger partial charge on any atom is -0.466 e. The molecule has 0 aliphatic heterocycles. The fourth-order valence-corrected chi connectivity index (χ4v) is 1.70. The van der Waals surface area contributed by atoms with Crippen LogP contribution in [0.25, 0.3) is 0 Å². The Bertz CT molecular complexity index is 398. The van der Waals surface area contributed by atoms with Crippen molar-refractivity contribution in [2.75, 3.05) is 6.61 Å². The molecule has 0 aliphatic carbocycles. The molecule has 0 aliphatic rings. The van der Waals surface area contributed by atoms with Crippen LogP contribution in [-0.4, -0.2) is 18.4 Å². The minimum atomic E-state index is -0.452. The summed E-state index contributed by atoms with van der Waals surface area (Å²) >= 11 is 5.77. The molecular weight excluding hydrogens is 240 g/mol. The fraction of sp³-hybridized carbons (Fsp3) is 0.385. The third-order valence-electron chi connectivity index (χ3n) is 2.44. The van der Waals surface area contributed by atoms with Crippen molar-refractivity contribution in [2.24, 2.45) is 0 Å². The van der Waals surface area contributed by atoms with Crippen LogP contribution < -0.4 is 0 Å². The molecule has 0 heterocycles. The Kier molecular flexibility index (Phi) is 5.16. The van der Waals surface area contributed by atoms with Crippen LogP contribution in [0.15, 0.2) is 24.3 Å². The van der Waals surface area contributed by atoms with Gasteiger partial charge in [0.1, 0.15) is 5.78 Å². The highest BCUT2D eigenvalue weighted by atomic mass is 35.5. The third-order valence-corrected chi connectivity index (χ3v) is 2.69. The zero-order valence-electron chi connectivity index (χ0n) is 9.90. The number of benzene rings is 1. The Balaban J connectivity index is 2.82. The fourth-order valence-electron chi connectivity index (χ4n) is 1.58. The molecule has 0 radical (unpaired) electrons. The maximum absolute atomic E-state index is 11.5. The number of carbonyl (C=O) groups excluding carboxylic acids is 2. The summed E-state index contributed by atoms with van der Waals surface area (Å²) in [7, 11) is 0. The highest BCUT2D eigenvalue weighted by Crippen LogP contribution is 2.23.